The fourth-order valence-electron chi connectivity index (χ4n) is 4.10. The Hall–Kier alpha value is -3.76. The molecular weight excluding hydrogens is 525 g/mol. The third-order valence-corrected chi connectivity index (χ3v) is 6.54. The Morgan fingerprint density at radius 2 is 1.84 bits per heavy atom. The summed E-state index contributed by atoms with van der Waals surface area (Å²) in [5.41, 5.74) is 1.98. The van der Waals surface area contributed by atoms with Gasteiger partial charge in [-0.15, -0.1) is 0 Å². The second-order valence-corrected chi connectivity index (χ2v) is 9.21. The molecule has 12 heteroatoms. The number of pyridine rings is 1. The smallest absolute Gasteiger partial charge is 0.264 e. The molecule has 0 saturated carbocycles. The first-order valence-electron chi connectivity index (χ1n) is 11.2. The van der Waals surface area contributed by atoms with Crippen molar-refractivity contribution in [1.82, 2.24) is 24.5 Å². The van der Waals surface area contributed by atoms with Gasteiger partial charge in [0.1, 0.15) is 12.2 Å². The van der Waals surface area contributed by atoms with Crippen molar-refractivity contribution >= 4 is 46.0 Å². The Balaban J connectivity index is 1.41. The van der Waals surface area contributed by atoms with Crippen LogP contribution < -0.4 is 5.32 Å². The van der Waals surface area contributed by atoms with E-state index in [2.05, 4.69) is 20.5 Å². The lowest BCUT2D eigenvalue weighted by atomic mass is 10.1. The van der Waals surface area contributed by atoms with Gasteiger partial charge in [0.2, 0.25) is 5.91 Å². The number of anilines is 1. The highest BCUT2D eigenvalue weighted by Gasteiger charge is 2.23. The molecule has 4 aromatic heterocycles. The average Bonchev–Trinajstić information content (AvgIpc) is 3.56. The largest absolute Gasteiger partial charge is 0.463 e. The third kappa shape index (κ3) is 4.94. The summed E-state index contributed by atoms with van der Waals surface area (Å²) in [5, 5.41) is 12.7. The summed E-state index contributed by atoms with van der Waals surface area (Å²) in [4.78, 5) is 17.4. The highest BCUT2D eigenvalue weighted by atomic mass is 35.5. The van der Waals surface area contributed by atoms with Crippen molar-refractivity contribution in [3.05, 3.63) is 81.3 Å². The molecule has 0 spiro atoms. The zero-order valence-corrected chi connectivity index (χ0v) is 21.2. The van der Waals surface area contributed by atoms with E-state index in [1.807, 2.05) is 6.92 Å². The maximum atomic E-state index is 13.9. The molecular formula is C25H20Cl2F2N6O2. The number of furan rings is 1. The summed E-state index contributed by atoms with van der Waals surface area (Å²) in [5.74, 6) is 0.197. The SMILES string of the molecule is Cc1nn(CC(=O)Nc2cc(C)n(Cc3c(Cl)cccc3Cl)n2)c2nc(-c3ccco3)cc(C(F)F)c12. The van der Waals surface area contributed by atoms with Crippen LogP contribution in [0.25, 0.3) is 22.5 Å². The Kier molecular flexibility index (Phi) is 6.70. The van der Waals surface area contributed by atoms with Gasteiger partial charge in [-0.2, -0.15) is 10.2 Å². The van der Waals surface area contributed by atoms with E-state index in [1.54, 1.807) is 48.0 Å². The molecule has 0 atom stereocenters. The summed E-state index contributed by atoms with van der Waals surface area (Å²) >= 11 is 12.5. The molecule has 4 heterocycles. The van der Waals surface area contributed by atoms with Crippen molar-refractivity contribution in [3.8, 4) is 11.5 Å². The molecule has 0 fully saturated rings. The number of hydrogen-bond donors (Lipinski definition) is 1. The van der Waals surface area contributed by atoms with Crippen LogP contribution in [0.15, 0.2) is 53.1 Å². The van der Waals surface area contributed by atoms with Crippen molar-refractivity contribution in [2.75, 3.05) is 5.32 Å². The molecule has 0 radical (unpaired) electrons. The summed E-state index contributed by atoms with van der Waals surface area (Å²) in [7, 11) is 0. The van der Waals surface area contributed by atoms with E-state index in [4.69, 9.17) is 27.6 Å². The molecule has 1 aromatic carbocycles. The first kappa shape index (κ1) is 24.9. The van der Waals surface area contributed by atoms with Crippen LogP contribution in [-0.4, -0.2) is 30.5 Å². The number of carbonyl (C=O) groups excluding carboxylic acids is 1. The average molecular weight is 545 g/mol. The monoisotopic (exact) mass is 544 g/mol. The highest BCUT2D eigenvalue weighted by Crippen LogP contribution is 2.33. The first-order valence-corrected chi connectivity index (χ1v) is 11.9. The number of fused-ring (bicyclic) bond motifs is 1. The number of amides is 1. The van der Waals surface area contributed by atoms with Gasteiger partial charge in [-0.3, -0.25) is 9.48 Å². The van der Waals surface area contributed by atoms with Gasteiger partial charge in [0.05, 0.1) is 23.9 Å². The molecule has 37 heavy (non-hydrogen) atoms. The topological polar surface area (TPSA) is 90.8 Å². The van der Waals surface area contributed by atoms with E-state index in [-0.39, 0.29) is 28.8 Å². The number of halogens is 4. The van der Waals surface area contributed by atoms with Crippen LogP contribution in [0.2, 0.25) is 10.0 Å². The number of benzene rings is 1. The van der Waals surface area contributed by atoms with Crippen molar-refractivity contribution in [2.45, 2.75) is 33.4 Å². The number of hydrogen-bond acceptors (Lipinski definition) is 5. The fourth-order valence-corrected chi connectivity index (χ4v) is 4.62. The van der Waals surface area contributed by atoms with Gasteiger partial charge < -0.3 is 9.73 Å². The van der Waals surface area contributed by atoms with Gasteiger partial charge in [-0.25, -0.2) is 18.4 Å². The number of alkyl halides is 2. The zero-order valence-electron chi connectivity index (χ0n) is 19.7. The predicted molar refractivity (Wildman–Crippen MR) is 136 cm³/mol. The van der Waals surface area contributed by atoms with E-state index in [0.29, 0.717) is 39.4 Å². The van der Waals surface area contributed by atoms with E-state index in [1.165, 1.54) is 17.0 Å². The van der Waals surface area contributed by atoms with Crippen LogP contribution >= 0.6 is 23.2 Å². The van der Waals surface area contributed by atoms with Crippen LogP contribution in [-0.2, 0) is 17.9 Å². The quantitative estimate of drug-likeness (QED) is 0.254. The molecule has 0 saturated heterocycles. The number of nitrogens with one attached hydrogen (secondary N) is 1. The minimum absolute atomic E-state index is 0.159. The summed E-state index contributed by atoms with van der Waals surface area (Å²) in [6.45, 7) is 3.49. The van der Waals surface area contributed by atoms with Gasteiger partial charge in [0.15, 0.2) is 17.2 Å². The maximum Gasteiger partial charge on any atom is 0.264 e. The van der Waals surface area contributed by atoms with E-state index >= 15 is 0 Å². The lowest BCUT2D eigenvalue weighted by Crippen LogP contribution is -2.20. The minimum atomic E-state index is -2.76. The first-order chi connectivity index (χ1) is 17.7. The van der Waals surface area contributed by atoms with Crippen molar-refractivity contribution in [1.29, 1.82) is 0 Å². The maximum absolute atomic E-state index is 13.9. The lowest BCUT2D eigenvalue weighted by molar-refractivity contribution is -0.116. The van der Waals surface area contributed by atoms with Crippen molar-refractivity contribution in [2.24, 2.45) is 0 Å². The van der Waals surface area contributed by atoms with E-state index in [0.717, 1.165) is 5.69 Å². The highest BCUT2D eigenvalue weighted by molar-refractivity contribution is 6.36. The molecule has 0 aliphatic rings. The standard InChI is InChI=1S/C25H20Cl2F2N6O2/c1-13-9-21(33-34(13)11-16-17(26)5-3-6-18(16)27)31-22(36)12-35-25-23(14(2)32-35)15(24(28)29)10-19(30-25)20-7-4-8-37-20/h3-10,24H,11-12H2,1-2H3,(H,31,33,36). The predicted octanol–water partition coefficient (Wildman–Crippen LogP) is 6.44. The van der Waals surface area contributed by atoms with Gasteiger partial charge in [-0.1, -0.05) is 29.3 Å². The van der Waals surface area contributed by atoms with Crippen LogP contribution in [0.3, 0.4) is 0 Å². The molecule has 8 nitrogen and oxygen atoms in total. The third-order valence-electron chi connectivity index (χ3n) is 5.83. The number of aromatic nitrogens is 5. The number of rotatable bonds is 7. The number of carbonyl (C=O) groups is 1. The van der Waals surface area contributed by atoms with Crippen LogP contribution in [0, 0.1) is 13.8 Å². The summed E-state index contributed by atoms with van der Waals surface area (Å²) in [6, 6.07) is 11.5. The lowest BCUT2D eigenvalue weighted by Gasteiger charge is -2.09. The van der Waals surface area contributed by atoms with Crippen molar-refractivity contribution < 1.29 is 18.0 Å². The van der Waals surface area contributed by atoms with Gasteiger partial charge in [-0.05, 0) is 44.2 Å². The Morgan fingerprint density at radius 1 is 1.08 bits per heavy atom. The number of aryl methyl sites for hydroxylation is 2. The van der Waals surface area contributed by atoms with E-state index in [9.17, 15) is 13.6 Å². The Morgan fingerprint density at radius 3 is 2.51 bits per heavy atom. The molecule has 0 unspecified atom stereocenters. The van der Waals surface area contributed by atoms with Gasteiger partial charge >= 0.3 is 0 Å². The molecule has 0 bridgehead atoms. The van der Waals surface area contributed by atoms with Crippen molar-refractivity contribution in [3.63, 3.8) is 0 Å². The molecule has 1 amide bonds. The molecule has 1 N–H and O–H groups in total. The summed E-state index contributed by atoms with van der Waals surface area (Å²) in [6.07, 6.45) is -1.33. The Labute approximate surface area is 219 Å². The van der Waals surface area contributed by atoms with Crippen LogP contribution in [0.4, 0.5) is 14.6 Å². The minimum Gasteiger partial charge on any atom is -0.463 e. The van der Waals surface area contributed by atoms with Crippen LogP contribution in [0.1, 0.15) is 28.9 Å². The van der Waals surface area contributed by atoms with Gasteiger partial charge in [0.25, 0.3) is 6.43 Å². The van der Waals surface area contributed by atoms with E-state index < -0.39 is 12.3 Å². The fraction of sp³-hybridized carbons (Fsp3) is 0.200. The second-order valence-electron chi connectivity index (χ2n) is 8.39. The molecule has 5 aromatic rings. The van der Waals surface area contributed by atoms with Gasteiger partial charge in [0, 0.05) is 32.9 Å². The Bertz CT molecular complexity index is 1590. The zero-order chi connectivity index (χ0) is 26.3. The molecule has 0 aliphatic carbocycles. The van der Waals surface area contributed by atoms with Crippen LogP contribution in [0.5, 0.6) is 0 Å². The normalized spacial score (nSPS) is 11.5. The summed E-state index contributed by atoms with van der Waals surface area (Å²) < 4.78 is 36.1. The molecule has 5 rings (SSSR count). The number of nitrogens with zero attached hydrogens (tertiary/aromatic N) is 5. The molecule has 190 valence electrons. The molecule has 0 aliphatic heterocycles. The second kappa shape index (κ2) is 9.95.